The Kier molecular flexibility index (Phi) is 3.57. The van der Waals surface area contributed by atoms with Crippen molar-refractivity contribution in [2.24, 2.45) is 0 Å². The molecule has 0 aliphatic carbocycles. The van der Waals surface area contributed by atoms with E-state index in [0.29, 0.717) is 0 Å². The molecule has 1 unspecified atom stereocenters. The quantitative estimate of drug-likeness (QED) is 0.846. The highest BCUT2D eigenvalue weighted by Crippen LogP contribution is 2.33. The second-order valence-corrected chi connectivity index (χ2v) is 5.81. The Labute approximate surface area is 128 Å². The highest BCUT2D eigenvalue weighted by Gasteiger charge is 2.50. The van der Waals surface area contributed by atoms with Gasteiger partial charge in [-0.3, -0.25) is 0 Å². The van der Waals surface area contributed by atoms with Crippen molar-refractivity contribution in [3.8, 4) is 0 Å². The van der Waals surface area contributed by atoms with E-state index >= 15 is 0 Å². The van der Waals surface area contributed by atoms with Gasteiger partial charge in [-0.1, -0.05) is 40.2 Å². The summed E-state index contributed by atoms with van der Waals surface area (Å²) in [6, 6.07) is 11.5. The van der Waals surface area contributed by atoms with E-state index in [9.17, 15) is 13.6 Å². The molecule has 1 saturated heterocycles. The van der Waals surface area contributed by atoms with Crippen LogP contribution in [-0.2, 0) is 9.53 Å². The number of cyclic esters (lactones) is 1. The third kappa shape index (κ3) is 2.72. The summed E-state index contributed by atoms with van der Waals surface area (Å²) in [5.41, 5.74) is 0.820. The molecule has 2 aromatic carbocycles. The fourth-order valence-corrected chi connectivity index (χ4v) is 2.88. The number of benzene rings is 2. The van der Waals surface area contributed by atoms with E-state index in [1.165, 1.54) is 0 Å². The highest BCUT2D eigenvalue weighted by atomic mass is 79.9. The zero-order valence-corrected chi connectivity index (χ0v) is 12.5. The van der Waals surface area contributed by atoms with Gasteiger partial charge in [0.1, 0.15) is 6.10 Å². The summed E-state index contributed by atoms with van der Waals surface area (Å²) >= 11 is 3.47. The normalized spacial score (nSPS) is 20.5. The van der Waals surface area contributed by atoms with Gasteiger partial charge in [0.05, 0.1) is 13.0 Å². The first-order valence-electron chi connectivity index (χ1n) is 6.47. The lowest BCUT2D eigenvalue weighted by Crippen LogP contribution is -2.22. The summed E-state index contributed by atoms with van der Waals surface area (Å²) in [5, 5.41) is 5.08. The third-order valence-electron chi connectivity index (χ3n) is 3.45. The standard InChI is InChI=1S/C15H12BrF2NO2/c16-12-5-6-13(11-4-2-1-3-10(11)12)19-8-9-7-15(17,18)14(20)21-9/h1-6,9,19H,7-8H2. The summed E-state index contributed by atoms with van der Waals surface area (Å²) in [6.45, 7) is 0.160. The number of esters is 1. The van der Waals surface area contributed by atoms with Gasteiger partial charge in [-0.15, -0.1) is 0 Å². The van der Waals surface area contributed by atoms with Crippen LogP contribution in [0, 0.1) is 0 Å². The predicted octanol–water partition coefficient (Wildman–Crippen LogP) is 3.97. The van der Waals surface area contributed by atoms with Crippen molar-refractivity contribution in [2.75, 3.05) is 11.9 Å². The van der Waals surface area contributed by atoms with Crippen LogP contribution in [-0.4, -0.2) is 24.5 Å². The first-order valence-corrected chi connectivity index (χ1v) is 7.27. The van der Waals surface area contributed by atoms with Gasteiger partial charge in [-0.25, -0.2) is 4.79 Å². The average Bonchev–Trinajstić information content (AvgIpc) is 2.72. The topological polar surface area (TPSA) is 38.3 Å². The second-order valence-electron chi connectivity index (χ2n) is 4.96. The average molecular weight is 356 g/mol. The van der Waals surface area contributed by atoms with E-state index in [2.05, 4.69) is 26.0 Å². The fourth-order valence-electron chi connectivity index (χ4n) is 2.40. The molecule has 3 nitrogen and oxygen atoms in total. The minimum absolute atomic E-state index is 0.160. The maximum absolute atomic E-state index is 13.1. The summed E-state index contributed by atoms with van der Waals surface area (Å²) in [5.74, 6) is -4.80. The van der Waals surface area contributed by atoms with Gasteiger partial charge in [0.2, 0.25) is 0 Å². The van der Waals surface area contributed by atoms with Crippen LogP contribution in [0.5, 0.6) is 0 Å². The summed E-state index contributed by atoms with van der Waals surface area (Å²) in [7, 11) is 0. The van der Waals surface area contributed by atoms with Crippen molar-refractivity contribution in [1.82, 2.24) is 0 Å². The molecule has 110 valence electrons. The molecule has 6 heteroatoms. The van der Waals surface area contributed by atoms with Crippen LogP contribution in [0.1, 0.15) is 6.42 Å². The monoisotopic (exact) mass is 355 g/mol. The maximum Gasteiger partial charge on any atom is 0.377 e. The molecular formula is C15H12BrF2NO2. The SMILES string of the molecule is O=C1OC(CNc2ccc(Br)c3ccccc23)CC1(F)F. The molecule has 0 aromatic heterocycles. The Bertz CT molecular complexity index is 705. The van der Waals surface area contributed by atoms with E-state index in [0.717, 1.165) is 20.9 Å². The molecule has 1 heterocycles. The largest absolute Gasteiger partial charge is 0.456 e. The van der Waals surface area contributed by atoms with Crippen molar-refractivity contribution in [3.63, 3.8) is 0 Å². The number of carbonyl (C=O) groups is 1. The van der Waals surface area contributed by atoms with Crippen molar-refractivity contribution in [3.05, 3.63) is 40.9 Å². The fraction of sp³-hybridized carbons (Fsp3) is 0.267. The van der Waals surface area contributed by atoms with E-state index in [4.69, 9.17) is 0 Å². The number of nitrogens with one attached hydrogen (secondary N) is 1. The van der Waals surface area contributed by atoms with Crippen LogP contribution >= 0.6 is 15.9 Å². The third-order valence-corrected chi connectivity index (χ3v) is 4.14. The van der Waals surface area contributed by atoms with Gasteiger partial charge in [-0.2, -0.15) is 8.78 Å². The lowest BCUT2D eigenvalue weighted by atomic mass is 10.1. The van der Waals surface area contributed by atoms with Gasteiger partial charge in [0.15, 0.2) is 0 Å². The number of alkyl halides is 2. The van der Waals surface area contributed by atoms with E-state index in [1.54, 1.807) is 0 Å². The maximum atomic E-state index is 13.1. The summed E-state index contributed by atoms with van der Waals surface area (Å²) < 4.78 is 31.9. The summed E-state index contributed by atoms with van der Waals surface area (Å²) in [4.78, 5) is 11.0. The number of anilines is 1. The first-order chi connectivity index (χ1) is 9.97. The molecule has 0 saturated carbocycles. The Balaban J connectivity index is 1.78. The molecule has 3 rings (SSSR count). The minimum atomic E-state index is -3.37. The summed E-state index contributed by atoms with van der Waals surface area (Å²) in [6.07, 6.45) is -1.39. The van der Waals surface area contributed by atoms with Gasteiger partial charge >= 0.3 is 11.9 Å². The molecule has 1 N–H and O–H groups in total. The van der Waals surface area contributed by atoms with Crippen LogP contribution in [0.25, 0.3) is 10.8 Å². The Morgan fingerprint density at radius 1 is 1.24 bits per heavy atom. The number of fused-ring (bicyclic) bond motifs is 1. The van der Waals surface area contributed by atoms with Crippen molar-refractivity contribution in [1.29, 1.82) is 0 Å². The Morgan fingerprint density at radius 2 is 1.95 bits per heavy atom. The van der Waals surface area contributed by atoms with Crippen LogP contribution in [0.2, 0.25) is 0 Å². The molecule has 0 radical (unpaired) electrons. The number of hydrogen-bond acceptors (Lipinski definition) is 3. The smallest absolute Gasteiger partial charge is 0.377 e. The lowest BCUT2D eigenvalue weighted by Gasteiger charge is -2.14. The number of rotatable bonds is 3. The Morgan fingerprint density at radius 3 is 2.62 bits per heavy atom. The lowest BCUT2D eigenvalue weighted by molar-refractivity contribution is -0.158. The molecule has 1 atom stereocenters. The van der Waals surface area contributed by atoms with Gasteiger partial charge in [0, 0.05) is 15.5 Å². The molecule has 1 fully saturated rings. The van der Waals surface area contributed by atoms with Crippen molar-refractivity contribution < 1.29 is 18.3 Å². The van der Waals surface area contributed by atoms with Crippen LogP contribution in [0.15, 0.2) is 40.9 Å². The van der Waals surface area contributed by atoms with Crippen molar-refractivity contribution >= 4 is 38.4 Å². The molecular weight excluding hydrogens is 344 g/mol. The molecule has 0 bridgehead atoms. The molecule has 1 aliphatic heterocycles. The predicted molar refractivity (Wildman–Crippen MR) is 79.6 cm³/mol. The van der Waals surface area contributed by atoms with Crippen LogP contribution in [0.3, 0.4) is 0 Å². The van der Waals surface area contributed by atoms with Crippen LogP contribution in [0.4, 0.5) is 14.5 Å². The molecule has 0 spiro atoms. The van der Waals surface area contributed by atoms with Gasteiger partial charge < -0.3 is 10.1 Å². The van der Waals surface area contributed by atoms with E-state index in [1.807, 2.05) is 36.4 Å². The number of ether oxygens (including phenoxy) is 1. The zero-order valence-electron chi connectivity index (χ0n) is 10.9. The number of hydrogen-bond donors (Lipinski definition) is 1. The molecule has 2 aromatic rings. The van der Waals surface area contributed by atoms with E-state index < -0.39 is 24.4 Å². The number of halogens is 3. The highest BCUT2D eigenvalue weighted by molar-refractivity contribution is 9.10. The zero-order chi connectivity index (χ0) is 15.0. The Hall–Kier alpha value is -1.69. The van der Waals surface area contributed by atoms with Crippen LogP contribution < -0.4 is 5.32 Å². The molecule has 1 aliphatic rings. The van der Waals surface area contributed by atoms with Gasteiger partial charge in [0.25, 0.3) is 0 Å². The van der Waals surface area contributed by atoms with Gasteiger partial charge in [-0.05, 0) is 17.5 Å². The first kappa shape index (κ1) is 14.3. The number of carbonyl (C=O) groups excluding carboxylic acids is 1. The molecule has 21 heavy (non-hydrogen) atoms. The van der Waals surface area contributed by atoms with Crippen molar-refractivity contribution in [2.45, 2.75) is 18.4 Å². The molecule has 0 amide bonds. The van der Waals surface area contributed by atoms with E-state index in [-0.39, 0.29) is 6.54 Å². The second kappa shape index (κ2) is 5.26. The minimum Gasteiger partial charge on any atom is -0.456 e.